The topological polar surface area (TPSA) is 73.8 Å². The van der Waals surface area contributed by atoms with E-state index in [0.29, 0.717) is 0 Å². The van der Waals surface area contributed by atoms with Crippen molar-refractivity contribution in [3.05, 3.63) is 72.4 Å². The maximum Gasteiger partial charge on any atom is 0.177 e. The number of nitrogens with zero attached hydrogens (tertiary/aromatic N) is 7. The third-order valence-corrected chi connectivity index (χ3v) is 4.80. The van der Waals surface area contributed by atoms with Crippen LogP contribution in [0.3, 0.4) is 0 Å². The number of aromatic nitrogens is 7. The Balaban J connectivity index is 1.60. The summed E-state index contributed by atoms with van der Waals surface area (Å²) in [7, 11) is 1.89. The van der Waals surface area contributed by atoms with Gasteiger partial charge in [-0.25, -0.2) is 0 Å². The van der Waals surface area contributed by atoms with E-state index in [0.717, 1.165) is 39.2 Å². The van der Waals surface area contributed by atoms with Crippen molar-refractivity contribution in [3.63, 3.8) is 0 Å². The highest BCUT2D eigenvalue weighted by atomic mass is 15.4. The maximum absolute atomic E-state index is 4.75. The number of hydrogen-bond donors (Lipinski definition) is 0. The Morgan fingerprint density at radius 1 is 1.04 bits per heavy atom. The van der Waals surface area contributed by atoms with E-state index in [4.69, 9.17) is 5.10 Å². The summed E-state index contributed by atoms with van der Waals surface area (Å²) in [5, 5.41) is 18.8. The fourth-order valence-electron chi connectivity index (χ4n) is 3.30. The Hall–Kier alpha value is -3.61. The van der Waals surface area contributed by atoms with E-state index in [-0.39, 0.29) is 5.92 Å². The number of fused-ring (bicyclic) bond motifs is 2. The first-order chi connectivity index (χ1) is 13.2. The SMILES string of the molecule is C[C@H](c1ccc2ncccc2c1)c1nnc2ccc(-c3cnn(C)c3)nn12. The highest BCUT2D eigenvalue weighted by Gasteiger charge is 2.18. The van der Waals surface area contributed by atoms with Crippen molar-refractivity contribution in [2.24, 2.45) is 7.05 Å². The average molecular weight is 355 g/mol. The lowest BCUT2D eigenvalue weighted by atomic mass is 9.98. The second-order valence-electron chi connectivity index (χ2n) is 6.63. The third-order valence-electron chi connectivity index (χ3n) is 4.80. The van der Waals surface area contributed by atoms with Crippen LogP contribution < -0.4 is 0 Å². The molecule has 27 heavy (non-hydrogen) atoms. The van der Waals surface area contributed by atoms with Crippen LogP contribution in [0.25, 0.3) is 27.8 Å². The molecule has 0 aliphatic carbocycles. The van der Waals surface area contributed by atoms with Gasteiger partial charge < -0.3 is 0 Å². The molecule has 0 amide bonds. The largest absolute Gasteiger partial charge is 0.275 e. The fourth-order valence-corrected chi connectivity index (χ4v) is 3.30. The molecular weight excluding hydrogens is 338 g/mol. The molecule has 1 aromatic carbocycles. The molecule has 5 aromatic rings. The summed E-state index contributed by atoms with van der Waals surface area (Å²) in [6.07, 6.45) is 5.55. The second kappa shape index (κ2) is 5.98. The molecule has 4 aromatic heterocycles. The van der Waals surface area contributed by atoms with E-state index in [1.807, 2.05) is 42.0 Å². The van der Waals surface area contributed by atoms with Gasteiger partial charge in [0, 0.05) is 36.3 Å². The van der Waals surface area contributed by atoms with Gasteiger partial charge in [0.25, 0.3) is 0 Å². The number of hydrogen-bond acceptors (Lipinski definition) is 5. The summed E-state index contributed by atoms with van der Waals surface area (Å²) in [5.74, 6) is 0.847. The van der Waals surface area contributed by atoms with Crippen molar-refractivity contribution < 1.29 is 0 Å². The summed E-state index contributed by atoms with van der Waals surface area (Å²) in [4.78, 5) is 4.39. The van der Waals surface area contributed by atoms with Crippen molar-refractivity contribution in [1.82, 2.24) is 34.6 Å². The Bertz CT molecular complexity index is 1270. The Labute approximate surface area is 155 Å². The molecule has 132 valence electrons. The first-order valence-electron chi connectivity index (χ1n) is 8.75. The van der Waals surface area contributed by atoms with Gasteiger partial charge in [0.2, 0.25) is 0 Å². The second-order valence-corrected chi connectivity index (χ2v) is 6.63. The minimum absolute atomic E-state index is 0.0428. The van der Waals surface area contributed by atoms with Crippen molar-refractivity contribution >= 4 is 16.6 Å². The smallest absolute Gasteiger partial charge is 0.177 e. The van der Waals surface area contributed by atoms with Crippen LogP contribution in [-0.2, 0) is 7.05 Å². The van der Waals surface area contributed by atoms with E-state index in [1.165, 1.54) is 0 Å². The Morgan fingerprint density at radius 3 is 2.81 bits per heavy atom. The summed E-state index contributed by atoms with van der Waals surface area (Å²) in [6.45, 7) is 2.12. The third kappa shape index (κ3) is 2.64. The van der Waals surface area contributed by atoms with Crippen LogP contribution in [0.15, 0.2) is 61.1 Å². The Morgan fingerprint density at radius 2 is 1.96 bits per heavy atom. The minimum atomic E-state index is 0.0428. The molecule has 0 saturated heterocycles. The van der Waals surface area contributed by atoms with E-state index in [9.17, 15) is 0 Å². The molecule has 1 atom stereocenters. The zero-order chi connectivity index (χ0) is 18.4. The molecule has 0 spiro atoms. The summed E-state index contributed by atoms with van der Waals surface area (Å²) >= 11 is 0. The molecule has 0 bridgehead atoms. The molecule has 0 saturated carbocycles. The van der Waals surface area contributed by atoms with Crippen molar-refractivity contribution in [2.75, 3.05) is 0 Å². The molecule has 7 heteroatoms. The van der Waals surface area contributed by atoms with E-state index < -0.39 is 0 Å². The van der Waals surface area contributed by atoms with Gasteiger partial charge in [-0.1, -0.05) is 19.1 Å². The predicted molar refractivity (Wildman–Crippen MR) is 102 cm³/mol. The van der Waals surface area contributed by atoms with Gasteiger partial charge in [0.1, 0.15) is 0 Å². The van der Waals surface area contributed by atoms with Gasteiger partial charge in [-0.05, 0) is 35.9 Å². The monoisotopic (exact) mass is 355 g/mol. The lowest BCUT2D eigenvalue weighted by Gasteiger charge is -2.11. The zero-order valence-corrected chi connectivity index (χ0v) is 15.0. The van der Waals surface area contributed by atoms with Crippen LogP contribution in [0.2, 0.25) is 0 Å². The van der Waals surface area contributed by atoms with Crippen LogP contribution in [0.5, 0.6) is 0 Å². The lowest BCUT2D eigenvalue weighted by molar-refractivity contribution is 0.753. The molecule has 0 radical (unpaired) electrons. The van der Waals surface area contributed by atoms with Gasteiger partial charge in [-0.3, -0.25) is 9.67 Å². The highest BCUT2D eigenvalue weighted by Crippen LogP contribution is 2.26. The maximum atomic E-state index is 4.75. The van der Waals surface area contributed by atoms with Gasteiger partial charge in [0.15, 0.2) is 11.5 Å². The zero-order valence-electron chi connectivity index (χ0n) is 15.0. The van der Waals surface area contributed by atoms with Gasteiger partial charge >= 0.3 is 0 Å². The highest BCUT2D eigenvalue weighted by molar-refractivity contribution is 5.79. The van der Waals surface area contributed by atoms with Crippen LogP contribution in [0, 0.1) is 0 Å². The number of pyridine rings is 1. The molecular formula is C20H17N7. The fraction of sp³-hybridized carbons (Fsp3) is 0.150. The van der Waals surface area contributed by atoms with Gasteiger partial charge in [-0.2, -0.15) is 14.7 Å². The van der Waals surface area contributed by atoms with Crippen LogP contribution in [-0.4, -0.2) is 34.6 Å². The molecule has 7 nitrogen and oxygen atoms in total. The average Bonchev–Trinajstić information content (AvgIpc) is 3.32. The van der Waals surface area contributed by atoms with Crippen molar-refractivity contribution in [1.29, 1.82) is 0 Å². The summed E-state index contributed by atoms with van der Waals surface area (Å²) in [5.41, 5.74) is 4.66. The first kappa shape index (κ1) is 15.6. The molecule has 0 aliphatic heterocycles. The van der Waals surface area contributed by atoms with Gasteiger partial charge in [-0.15, -0.1) is 10.2 Å². The lowest BCUT2D eigenvalue weighted by Crippen LogP contribution is -2.05. The summed E-state index contributed by atoms with van der Waals surface area (Å²) < 4.78 is 3.58. The Kier molecular flexibility index (Phi) is 3.46. The minimum Gasteiger partial charge on any atom is -0.275 e. The van der Waals surface area contributed by atoms with Crippen LogP contribution in [0.1, 0.15) is 24.2 Å². The van der Waals surface area contributed by atoms with Crippen LogP contribution >= 0.6 is 0 Å². The molecule has 0 N–H and O–H groups in total. The van der Waals surface area contributed by atoms with E-state index >= 15 is 0 Å². The number of rotatable bonds is 3. The number of benzene rings is 1. The molecule has 0 unspecified atom stereocenters. The standard InChI is InChI=1S/C20H17N7/c1-13(14-5-6-17-15(10-14)4-3-9-21-17)20-24-23-19-8-7-18(25-27(19)20)16-11-22-26(2)12-16/h3-13H,1-2H3/t13-/m1/s1. The van der Waals surface area contributed by atoms with E-state index in [2.05, 4.69) is 45.4 Å². The predicted octanol–water partition coefficient (Wildman–Crippen LogP) is 3.22. The van der Waals surface area contributed by atoms with Gasteiger partial charge in [0.05, 0.1) is 17.4 Å². The van der Waals surface area contributed by atoms with E-state index in [1.54, 1.807) is 17.1 Å². The molecule has 4 heterocycles. The number of aryl methyl sites for hydroxylation is 1. The first-order valence-corrected chi connectivity index (χ1v) is 8.75. The van der Waals surface area contributed by atoms with Crippen molar-refractivity contribution in [3.8, 4) is 11.3 Å². The molecule has 5 rings (SSSR count). The van der Waals surface area contributed by atoms with Crippen LogP contribution in [0.4, 0.5) is 0 Å². The van der Waals surface area contributed by atoms with Crippen molar-refractivity contribution in [2.45, 2.75) is 12.8 Å². The normalized spacial score (nSPS) is 12.7. The summed E-state index contributed by atoms with van der Waals surface area (Å²) in [6, 6.07) is 14.2. The quantitative estimate of drug-likeness (QED) is 0.497. The molecule has 0 aliphatic rings. The molecule has 0 fully saturated rings.